The van der Waals surface area contributed by atoms with Crippen LogP contribution in [0.1, 0.15) is 37.0 Å². The molecule has 0 unspecified atom stereocenters. The standard InChI is InChI=1S/C22H24N2O5/c1-3-12-28-17-10-8-16(9-11-17)22(27)29-14-21(26)24-15(2)13-20(25)23-18-6-4-5-7-19(18)24/h4-11,15H,3,12-14H2,1-2H3,(H,23,25)/t15-/m0/s1. The molecule has 0 fully saturated rings. The summed E-state index contributed by atoms with van der Waals surface area (Å²) in [4.78, 5) is 38.7. The average Bonchev–Trinajstić information content (AvgIpc) is 2.84. The van der Waals surface area contributed by atoms with Crippen molar-refractivity contribution in [3.8, 4) is 5.75 Å². The molecule has 0 saturated heterocycles. The van der Waals surface area contributed by atoms with Crippen LogP contribution in [0.25, 0.3) is 0 Å². The van der Waals surface area contributed by atoms with Crippen LogP contribution in [0.2, 0.25) is 0 Å². The van der Waals surface area contributed by atoms with Crippen LogP contribution < -0.4 is 15.0 Å². The molecule has 0 spiro atoms. The molecule has 0 radical (unpaired) electrons. The largest absolute Gasteiger partial charge is 0.494 e. The number of hydrogen-bond acceptors (Lipinski definition) is 5. The summed E-state index contributed by atoms with van der Waals surface area (Å²) in [6.45, 7) is 3.99. The van der Waals surface area contributed by atoms with Gasteiger partial charge < -0.3 is 19.7 Å². The van der Waals surface area contributed by atoms with E-state index in [1.54, 1.807) is 55.5 Å². The van der Waals surface area contributed by atoms with Gasteiger partial charge in [-0.3, -0.25) is 9.59 Å². The first kappa shape index (κ1) is 20.4. The zero-order valence-electron chi connectivity index (χ0n) is 16.5. The van der Waals surface area contributed by atoms with Gasteiger partial charge in [0.2, 0.25) is 5.91 Å². The van der Waals surface area contributed by atoms with E-state index in [9.17, 15) is 14.4 Å². The summed E-state index contributed by atoms with van der Waals surface area (Å²) in [6, 6.07) is 13.3. The molecule has 29 heavy (non-hydrogen) atoms. The quantitative estimate of drug-likeness (QED) is 0.757. The van der Waals surface area contributed by atoms with Crippen molar-refractivity contribution in [3.05, 3.63) is 54.1 Å². The van der Waals surface area contributed by atoms with Crippen molar-refractivity contribution in [2.75, 3.05) is 23.4 Å². The van der Waals surface area contributed by atoms with E-state index in [0.29, 0.717) is 29.3 Å². The molecule has 2 aromatic carbocycles. The Morgan fingerprint density at radius 2 is 1.86 bits per heavy atom. The van der Waals surface area contributed by atoms with E-state index in [1.165, 1.54) is 4.90 Å². The fourth-order valence-corrected chi connectivity index (χ4v) is 3.16. The number of nitrogens with zero attached hydrogens (tertiary/aromatic N) is 1. The van der Waals surface area contributed by atoms with Crippen molar-refractivity contribution in [2.45, 2.75) is 32.7 Å². The number of hydrogen-bond donors (Lipinski definition) is 1. The van der Waals surface area contributed by atoms with Gasteiger partial charge in [-0.2, -0.15) is 0 Å². The second-order valence-electron chi connectivity index (χ2n) is 6.83. The molecule has 3 rings (SSSR count). The molecular weight excluding hydrogens is 372 g/mol. The lowest BCUT2D eigenvalue weighted by molar-refractivity contribution is -0.122. The minimum absolute atomic E-state index is 0.160. The first-order valence-corrected chi connectivity index (χ1v) is 9.60. The Labute approximate surface area is 169 Å². The summed E-state index contributed by atoms with van der Waals surface area (Å²) >= 11 is 0. The molecule has 0 aromatic heterocycles. The highest BCUT2D eigenvalue weighted by molar-refractivity contribution is 6.05. The van der Waals surface area contributed by atoms with Crippen molar-refractivity contribution >= 4 is 29.2 Å². The molecule has 1 aliphatic rings. The van der Waals surface area contributed by atoms with Gasteiger partial charge in [-0.1, -0.05) is 19.1 Å². The molecule has 7 heteroatoms. The molecule has 1 heterocycles. The third kappa shape index (κ3) is 4.93. The summed E-state index contributed by atoms with van der Waals surface area (Å²) in [5, 5.41) is 2.80. The van der Waals surface area contributed by atoms with Crippen LogP contribution in [0.15, 0.2) is 48.5 Å². The Morgan fingerprint density at radius 3 is 2.59 bits per heavy atom. The second kappa shape index (κ2) is 9.23. The average molecular weight is 396 g/mol. The first-order valence-electron chi connectivity index (χ1n) is 9.60. The van der Waals surface area contributed by atoms with Crippen LogP contribution >= 0.6 is 0 Å². The molecule has 0 saturated carbocycles. The zero-order chi connectivity index (χ0) is 20.8. The van der Waals surface area contributed by atoms with Gasteiger partial charge in [-0.15, -0.1) is 0 Å². The van der Waals surface area contributed by atoms with Gasteiger partial charge in [-0.05, 0) is 49.7 Å². The zero-order valence-corrected chi connectivity index (χ0v) is 16.5. The Bertz CT molecular complexity index is 894. The lowest BCUT2D eigenvalue weighted by atomic mass is 10.1. The molecule has 2 amide bonds. The Kier molecular flexibility index (Phi) is 6.49. The van der Waals surface area contributed by atoms with E-state index in [4.69, 9.17) is 9.47 Å². The molecule has 0 bridgehead atoms. The minimum atomic E-state index is -0.592. The number of benzene rings is 2. The minimum Gasteiger partial charge on any atom is -0.494 e. The van der Waals surface area contributed by atoms with Crippen molar-refractivity contribution in [2.24, 2.45) is 0 Å². The lowest BCUT2D eigenvalue weighted by Gasteiger charge is -2.27. The summed E-state index contributed by atoms with van der Waals surface area (Å²) in [6.07, 6.45) is 1.05. The van der Waals surface area contributed by atoms with Gasteiger partial charge in [0.05, 0.1) is 23.5 Å². The summed E-state index contributed by atoms with van der Waals surface area (Å²) < 4.78 is 10.7. The van der Waals surface area contributed by atoms with E-state index in [2.05, 4.69) is 5.32 Å². The maximum atomic E-state index is 12.8. The molecular formula is C22H24N2O5. The number of fused-ring (bicyclic) bond motifs is 1. The Balaban J connectivity index is 1.66. The van der Waals surface area contributed by atoms with Crippen molar-refractivity contribution in [1.82, 2.24) is 0 Å². The van der Waals surface area contributed by atoms with Gasteiger partial charge in [-0.25, -0.2) is 4.79 Å². The van der Waals surface area contributed by atoms with Gasteiger partial charge in [0.25, 0.3) is 5.91 Å². The number of ether oxygens (including phenoxy) is 2. The number of anilines is 2. The second-order valence-corrected chi connectivity index (χ2v) is 6.83. The number of carbonyl (C=O) groups excluding carboxylic acids is 3. The number of esters is 1. The van der Waals surface area contributed by atoms with Crippen molar-refractivity contribution < 1.29 is 23.9 Å². The molecule has 7 nitrogen and oxygen atoms in total. The molecule has 1 atom stereocenters. The normalized spacial score (nSPS) is 15.7. The highest BCUT2D eigenvalue weighted by atomic mass is 16.5. The highest BCUT2D eigenvalue weighted by Gasteiger charge is 2.30. The summed E-state index contributed by atoms with van der Waals surface area (Å²) in [5.74, 6) is -0.475. The van der Waals surface area contributed by atoms with Crippen LogP contribution in [0.5, 0.6) is 5.75 Å². The van der Waals surface area contributed by atoms with Crippen LogP contribution in [-0.2, 0) is 14.3 Å². The van der Waals surface area contributed by atoms with E-state index in [1.807, 2.05) is 6.92 Å². The molecule has 152 valence electrons. The lowest BCUT2D eigenvalue weighted by Crippen LogP contribution is -2.41. The fourth-order valence-electron chi connectivity index (χ4n) is 3.16. The van der Waals surface area contributed by atoms with Gasteiger partial charge >= 0.3 is 5.97 Å². The summed E-state index contributed by atoms with van der Waals surface area (Å²) in [7, 11) is 0. The molecule has 1 aliphatic heterocycles. The number of carbonyl (C=O) groups is 3. The molecule has 0 aliphatic carbocycles. The topological polar surface area (TPSA) is 84.9 Å². The van der Waals surface area contributed by atoms with Crippen LogP contribution in [0.4, 0.5) is 11.4 Å². The van der Waals surface area contributed by atoms with Crippen LogP contribution in [0.3, 0.4) is 0 Å². The smallest absolute Gasteiger partial charge is 0.338 e. The number of rotatable bonds is 6. The Hall–Kier alpha value is -3.35. The maximum Gasteiger partial charge on any atom is 0.338 e. The monoisotopic (exact) mass is 396 g/mol. The number of amides is 2. The van der Waals surface area contributed by atoms with Crippen LogP contribution in [0, 0.1) is 0 Å². The van der Waals surface area contributed by atoms with E-state index in [0.717, 1.165) is 6.42 Å². The highest BCUT2D eigenvalue weighted by Crippen LogP contribution is 2.31. The third-order valence-corrected chi connectivity index (χ3v) is 4.52. The van der Waals surface area contributed by atoms with E-state index < -0.39 is 18.5 Å². The third-order valence-electron chi connectivity index (χ3n) is 4.52. The van der Waals surface area contributed by atoms with Gasteiger partial charge in [0, 0.05) is 12.5 Å². The maximum absolute atomic E-state index is 12.8. The van der Waals surface area contributed by atoms with E-state index in [-0.39, 0.29) is 18.4 Å². The number of para-hydroxylation sites is 2. The fraction of sp³-hybridized carbons (Fsp3) is 0.318. The van der Waals surface area contributed by atoms with Gasteiger partial charge in [0.1, 0.15) is 5.75 Å². The Morgan fingerprint density at radius 1 is 1.14 bits per heavy atom. The van der Waals surface area contributed by atoms with Gasteiger partial charge in [0.15, 0.2) is 6.61 Å². The first-order chi connectivity index (χ1) is 14.0. The van der Waals surface area contributed by atoms with Crippen molar-refractivity contribution in [3.63, 3.8) is 0 Å². The number of nitrogens with one attached hydrogen (secondary N) is 1. The van der Waals surface area contributed by atoms with Crippen molar-refractivity contribution in [1.29, 1.82) is 0 Å². The molecule has 1 N–H and O–H groups in total. The van der Waals surface area contributed by atoms with Crippen LogP contribution in [-0.4, -0.2) is 37.0 Å². The summed E-state index contributed by atoms with van der Waals surface area (Å²) in [5.41, 5.74) is 1.48. The SMILES string of the molecule is CCCOc1ccc(C(=O)OCC(=O)N2c3ccccc3NC(=O)C[C@@H]2C)cc1. The predicted molar refractivity (Wildman–Crippen MR) is 109 cm³/mol. The van der Waals surface area contributed by atoms with E-state index >= 15 is 0 Å². The predicted octanol–water partition coefficient (Wildman–Crippen LogP) is 3.40. The molecule has 2 aromatic rings.